The van der Waals surface area contributed by atoms with Gasteiger partial charge in [0.15, 0.2) is 0 Å². The standard InChI is InChI=1S/C9H19NO2S.C2HF3O2/c1-13(11,12)7-6-8-2-4-9(10)5-3-8;3-2(4,5)1(6)7/h8-9H,2-7,10H2,1H3;(H,6,7). The maximum atomic E-state index is 10.9. The molecule has 0 aromatic heterocycles. The van der Waals surface area contributed by atoms with Gasteiger partial charge in [-0.15, -0.1) is 0 Å². The van der Waals surface area contributed by atoms with Crippen LogP contribution >= 0.6 is 0 Å². The van der Waals surface area contributed by atoms with Crippen LogP contribution in [0.4, 0.5) is 13.2 Å². The molecule has 1 aliphatic rings. The highest BCUT2D eigenvalue weighted by atomic mass is 32.2. The fraction of sp³-hybridized carbons (Fsp3) is 0.909. The minimum atomic E-state index is -5.08. The first-order valence-electron chi connectivity index (χ1n) is 6.15. The van der Waals surface area contributed by atoms with E-state index in [9.17, 15) is 21.6 Å². The van der Waals surface area contributed by atoms with Crippen LogP contribution in [0.2, 0.25) is 0 Å². The van der Waals surface area contributed by atoms with Crippen LogP contribution in [0.1, 0.15) is 32.1 Å². The van der Waals surface area contributed by atoms with Crippen molar-refractivity contribution in [1.82, 2.24) is 0 Å². The number of sulfone groups is 1. The third-order valence-electron chi connectivity index (χ3n) is 3.03. The number of carboxylic acids is 1. The lowest BCUT2D eigenvalue weighted by Crippen LogP contribution is -2.27. The molecule has 0 saturated heterocycles. The van der Waals surface area contributed by atoms with Crippen LogP contribution in [0.5, 0.6) is 0 Å². The quantitative estimate of drug-likeness (QED) is 0.823. The molecule has 0 heterocycles. The van der Waals surface area contributed by atoms with Gasteiger partial charge in [-0.2, -0.15) is 13.2 Å². The molecular weight excluding hydrogens is 299 g/mol. The minimum Gasteiger partial charge on any atom is -0.475 e. The average molecular weight is 319 g/mol. The molecule has 0 radical (unpaired) electrons. The number of rotatable bonds is 3. The SMILES string of the molecule is CS(=O)(=O)CCC1CCC(N)CC1.O=C(O)C(F)(F)F. The summed E-state index contributed by atoms with van der Waals surface area (Å²) < 4.78 is 53.6. The number of carboxylic acid groups (broad SMARTS) is 1. The van der Waals surface area contributed by atoms with Gasteiger partial charge in [0.25, 0.3) is 0 Å². The molecule has 9 heteroatoms. The van der Waals surface area contributed by atoms with Crippen molar-refractivity contribution >= 4 is 15.8 Å². The highest BCUT2D eigenvalue weighted by molar-refractivity contribution is 7.90. The van der Waals surface area contributed by atoms with Crippen molar-refractivity contribution in [3.8, 4) is 0 Å². The molecule has 5 nitrogen and oxygen atoms in total. The van der Waals surface area contributed by atoms with Gasteiger partial charge in [0.2, 0.25) is 0 Å². The monoisotopic (exact) mass is 319 g/mol. The molecule has 1 fully saturated rings. The molecular formula is C11H20F3NO4S. The van der Waals surface area contributed by atoms with Gasteiger partial charge in [-0.05, 0) is 38.0 Å². The second kappa shape index (κ2) is 7.82. The number of hydrogen-bond donors (Lipinski definition) is 2. The maximum Gasteiger partial charge on any atom is 0.490 e. The van der Waals surface area contributed by atoms with Gasteiger partial charge in [-0.25, -0.2) is 13.2 Å². The van der Waals surface area contributed by atoms with Crippen molar-refractivity contribution in [3.05, 3.63) is 0 Å². The fourth-order valence-electron chi connectivity index (χ4n) is 1.86. The summed E-state index contributed by atoms with van der Waals surface area (Å²) in [5.74, 6) is -1.82. The van der Waals surface area contributed by atoms with E-state index in [2.05, 4.69) is 0 Å². The molecule has 1 rings (SSSR count). The van der Waals surface area contributed by atoms with E-state index in [4.69, 9.17) is 15.6 Å². The Morgan fingerprint density at radius 3 is 1.95 bits per heavy atom. The number of halogens is 3. The highest BCUT2D eigenvalue weighted by Gasteiger charge is 2.38. The maximum absolute atomic E-state index is 10.9. The second-order valence-corrected chi connectivity index (χ2v) is 7.26. The summed E-state index contributed by atoms with van der Waals surface area (Å²) in [6.45, 7) is 0. The molecule has 0 spiro atoms. The van der Waals surface area contributed by atoms with Gasteiger partial charge in [0, 0.05) is 12.3 Å². The van der Waals surface area contributed by atoms with Crippen molar-refractivity contribution in [2.45, 2.75) is 44.3 Å². The molecule has 20 heavy (non-hydrogen) atoms. The first-order chi connectivity index (χ1) is 8.92. The van der Waals surface area contributed by atoms with Gasteiger partial charge < -0.3 is 10.8 Å². The number of nitrogens with two attached hydrogens (primary N) is 1. The molecule has 0 aromatic carbocycles. The summed E-state index contributed by atoms with van der Waals surface area (Å²) in [7, 11) is -2.77. The summed E-state index contributed by atoms with van der Waals surface area (Å²) in [6.07, 6.45) is 1.39. The molecule has 3 N–H and O–H groups in total. The third kappa shape index (κ3) is 10.0. The largest absolute Gasteiger partial charge is 0.490 e. The van der Waals surface area contributed by atoms with E-state index in [1.54, 1.807) is 0 Å². The van der Waals surface area contributed by atoms with E-state index in [0.717, 1.165) is 32.1 Å². The van der Waals surface area contributed by atoms with E-state index in [1.807, 2.05) is 0 Å². The topological polar surface area (TPSA) is 97.5 Å². The van der Waals surface area contributed by atoms with Crippen LogP contribution in [-0.2, 0) is 14.6 Å². The van der Waals surface area contributed by atoms with Crippen LogP contribution in [0, 0.1) is 5.92 Å². The third-order valence-corrected chi connectivity index (χ3v) is 4.01. The predicted molar refractivity (Wildman–Crippen MR) is 68.0 cm³/mol. The average Bonchev–Trinajstić information content (AvgIpc) is 2.26. The highest BCUT2D eigenvalue weighted by Crippen LogP contribution is 2.25. The smallest absolute Gasteiger partial charge is 0.475 e. The fourth-order valence-corrected chi connectivity index (χ4v) is 2.62. The van der Waals surface area contributed by atoms with Crippen molar-refractivity contribution in [2.24, 2.45) is 11.7 Å². The van der Waals surface area contributed by atoms with E-state index in [1.165, 1.54) is 6.26 Å². The summed E-state index contributed by atoms with van der Waals surface area (Å²) in [5, 5.41) is 7.12. The van der Waals surface area contributed by atoms with Gasteiger partial charge in [0.05, 0.1) is 5.75 Å². The van der Waals surface area contributed by atoms with E-state index >= 15 is 0 Å². The Bertz CT molecular complexity index is 400. The normalized spacial score (nSPS) is 23.6. The predicted octanol–water partition coefficient (Wildman–Crippen LogP) is 1.57. The van der Waals surface area contributed by atoms with Gasteiger partial charge in [-0.3, -0.25) is 0 Å². The lowest BCUT2D eigenvalue weighted by Gasteiger charge is -2.25. The first-order valence-corrected chi connectivity index (χ1v) is 8.21. The molecule has 1 aliphatic carbocycles. The zero-order valence-electron chi connectivity index (χ0n) is 11.2. The molecule has 120 valence electrons. The molecule has 0 unspecified atom stereocenters. The van der Waals surface area contributed by atoms with Crippen LogP contribution in [0.25, 0.3) is 0 Å². The van der Waals surface area contributed by atoms with Crippen molar-refractivity contribution in [2.75, 3.05) is 12.0 Å². The Labute approximate surface area is 116 Å². The summed E-state index contributed by atoms with van der Waals surface area (Å²) >= 11 is 0. The Morgan fingerprint density at radius 1 is 1.25 bits per heavy atom. The van der Waals surface area contributed by atoms with Crippen molar-refractivity contribution in [3.63, 3.8) is 0 Å². The molecule has 0 aliphatic heterocycles. The van der Waals surface area contributed by atoms with Gasteiger partial charge in [-0.1, -0.05) is 0 Å². The summed E-state index contributed by atoms with van der Waals surface area (Å²) in [5.41, 5.74) is 5.76. The number of alkyl halides is 3. The Kier molecular flexibility index (Phi) is 7.50. The number of carbonyl (C=O) groups is 1. The van der Waals surface area contributed by atoms with Crippen LogP contribution < -0.4 is 5.73 Å². The first kappa shape index (κ1) is 19.2. The molecule has 0 aromatic rings. The summed E-state index contributed by atoms with van der Waals surface area (Å²) in [4.78, 5) is 8.90. The lowest BCUT2D eigenvalue weighted by atomic mass is 9.85. The molecule has 0 atom stereocenters. The van der Waals surface area contributed by atoms with Crippen LogP contribution in [0.15, 0.2) is 0 Å². The van der Waals surface area contributed by atoms with E-state index in [-0.39, 0.29) is 0 Å². The van der Waals surface area contributed by atoms with Crippen molar-refractivity contribution < 1.29 is 31.5 Å². The zero-order chi connectivity index (χ0) is 16.0. The molecule has 0 bridgehead atoms. The Hall–Kier alpha value is -0.830. The Balaban J connectivity index is 0.000000441. The zero-order valence-corrected chi connectivity index (χ0v) is 12.0. The second-order valence-electron chi connectivity index (χ2n) is 5.00. The number of aliphatic carboxylic acids is 1. The van der Waals surface area contributed by atoms with Crippen molar-refractivity contribution in [1.29, 1.82) is 0 Å². The van der Waals surface area contributed by atoms with Gasteiger partial charge >= 0.3 is 12.1 Å². The van der Waals surface area contributed by atoms with E-state index in [0.29, 0.717) is 17.7 Å². The Morgan fingerprint density at radius 2 is 1.65 bits per heavy atom. The summed E-state index contributed by atoms with van der Waals surface area (Å²) in [6, 6.07) is 0.356. The minimum absolute atomic E-state index is 0.340. The molecule has 0 amide bonds. The number of hydrogen-bond acceptors (Lipinski definition) is 4. The van der Waals surface area contributed by atoms with Crippen LogP contribution in [-0.4, -0.2) is 43.7 Å². The lowest BCUT2D eigenvalue weighted by molar-refractivity contribution is -0.192. The molecule has 1 saturated carbocycles. The van der Waals surface area contributed by atoms with Crippen LogP contribution in [0.3, 0.4) is 0 Å². The van der Waals surface area contributed by atoms with Gasteiger partial charge in [0.1, 0.15) is 9.84 Å². The van der Waals surface area contributed by atoms with E-state index < -0.39 is 22.0 Å².